The molecule has 0 aliphatic rings. The lowest BCUT2D eigenvalue weighted by atomic mass is 10.2. The molecule has 0 saturated carbocycles. The summed E-state index contributed by atoms with van der Waals surface area (Å²) in [6, 6.07) is 4.71. The molecule has 0 N–H and O–H groups in total. The molecular weight excluding hydrogens is 203 g/mol. The zero-order valence-corrected chi connectivity index (χ0v) is 7.75. The van der Waals surface area contributed by atoms with Crippen molar-refractivity contribution in [3.63, 3.8) is 0 Å². The van der Waals surface area contributed by atoms with Gasteiger partial charge in [0.1, 0.15) is 0 Å². The van der Waals surface area contributed by atoms with Gasteiger partial charge < -0.3 is 0 Å². The fraction of sp³-hybridized carbons (Fsp3) is 0. The maximum absolute atomic E-state index is 10.7. The summed E-state index contributed by atoms with van der Waals surface area (Å²) in [5.41, 5.74) is 0.374. The fourth-order valence-electron chi connectivity index (χ4n) is 0.671. The van der Waals surface area contributed by atoms with Crippen molar-refractivity contribution >= 4 is 41.1 Å². The summed E-state index contributed by atoms with van der Waals surface area (Å²) >= 11 is 14.9. The van der Waals surface area contributed by atoms with Gasteiger partial charge in [-0.25, -0.2) is 0 Å². The second-order valence-corrected chi connectivity index (χ2v) is 3.20. The Labute approximate surface area is 79.7 Å². The zero-order valence-electron chi connectivity index (χ0n) is 5.34. The quantitative estimate of drug-likeness (QED) is 0.553. The Bertz CT molecular complexity index is 298. The van der Waals surface area contributed by atoms with E-state index in [1.54, 1.807) is 18.2 Å². The minimum Gasteiger partial charge on any atom is -0.276 e. The van der Waals surface area contributed by atoms with Crippen LogP contribution < -0.4 is 0 Å². The van der Waals surface area contributed by atoms with E-state index < -0.39 is 5.24 Å². The van der Waals surface area contributed by atoms with Crippen LogP contribution in [-0.4, -0.2) is 5.24 Å². The summed E-state index contributed by atoms with van der Waals surface area (Å²) in [5.74, 6) is 0. The molecule has 0 fully saturated rings. The monoisotopic (exact) mass is 206 g/mol. The molecule has 0 aliphatic heterocycles. The lowest BCUT2D eigenvalue weighted by Crippen LogP contribution is -1.89. The van der Waals surface area contributed by atoms with E-state index in [-0.39, 0.29) is 0 Å². The fourth-order valence-corrected chi connectivity index (χ4v) is 1.47. The molecule has 0 heterocycles. The van der Waals surface area contributed by atoms with Crippen LogP contribution in [0.5, 0.6) is 0 Å². The van der Waals surface area contributed by atoms with E-state index in [1.807, 2.05) is 0 Å². The van der Waals surface area contributed by atoms with Gasteiger partial charge in [0.15, 0.2) is 0 Å². The van der Waals surface area contributed by atoms with Crippen molar-refractivity contribution in [1.29, 1.82) is 0 Å². The number of benzene rings is 1. The predicted octanol–water partition coefficient (Wildman–Crippen LogP) is 3.01. The topological polar surface area (TPSA) is 17.1 Å². The first-order valence-electron chi connectivity index (χ1n) is 2.79. The van der Waals surface area contributed by atoms with Gasteiger partial charge in [0, 0.05) is 15.5 Å². The normalized spacial score (nSPS) is 9.73. The summed E-state index contributed by atoms with van der Waals surface area (Å²) < 4.78 is 0. The third kappa shape index (κ3) is 2.12. The average Bonchev–Trinajstić information content (AvgIpc) is 1.85. The first-order chi connectivity index (χ1) is 5.11. The van der Waals surface area contributed by atoms with E-state index in [1.165, 1.54) is 0 Å². The van der Waals surface area contributed by atoms with Gasteiger partial charge in [-0.3, -0.25) is 4.79 Å². The number of rotatable bonds is 1. The third-order valence-electron chi connectivity index (χ3n) is 1.17. The molecule has 1 rings (SSSR count). The highest BCUT2D eigenvalue weighted by atomic mass is 35.5. The molecular formula is C7H4Cl2OS. The molecule has 0 radical (unpaired) electrons. The second kappa shape index (κ2) is 3.48. The van der Waals surface area contributed by atoms with Crippen LogP contribution in [0.1, 0.15) is 10.4 Å². The van der Waals surface area contributed by atoms with Crippen molar-refractivity contribution in [2.75, 3.05) is 0 Å². The molecule has 4 heteroatoms. The van der Waals surface area contributed by atoms with Crippen LogP contribution in [0.2, 0.25) is 5.02 Å². The molecule has 1 nitrogen and oxygen atoms in total. The van der Waals surface area contributed by atoms with Gasteiger partial charge in [-0.15, -0.1) is 12.6 Å². The van der Waals surface area contributed by atoms with Crippen LogP contribution in [0.3, 0.4) is 0 Å². The minimum atomic E-state index is -0.522. The van der Waals surface area contributed by atoms with Crippen molar-refractivity contribution in [3.05, 3.63) is 28.8 Å². The zero-order chi connectivity index (χ0) is 8.43. The molecule has 11 heavy (non-hydrogen) atoms. The summed E-state index contributed by atoms with van der Waals surface area (Å²) in [5, 5.41) is 0.0170. The number of carbonyl (C=O) groups is 1. The number of halogens is 2. The van der Waals surface area contributed by atoms with E-state index >= 15 is 0 Å². The Kier molecular flexibility index (Phi) is 2.82. The molecule has 0 aromatic heterocycles. The van der Waals surface area contributed by atoms with Gasteiger partial charge in [-0.05, 0) is 29.8 Å². The molecule has 58 valence electrons. The highest BCUT2D eigenvalue weighted by Crippen LogP contribution is 2.20. The number of carbonyl (C=O) groups excluding carboxylic acids is 1. The van der Waals surface area contributed by atoms with Gasteiger partial charge in [0.05, 0.1) is 0 Å². The maximum Gasteiger partial charge on any atom is 0.253 e. The van der Waals surface area contributed by atoms with Crippen molar-refractivity contribution in [2.24, 2.45) is 0 Å². The number of hydrogen-bond donors (Lipinski definition) is 1. The Hall–Kier alpha value is -0.180. The van der Waals surface area contributed by atoms with Crippen LogP contribution >= 0.6 is 35.8 Å². The second-order valence-electron chi connectivity index (χ2n) is 1.94. The van der Waals surface area contributed by atoms with E-state index in [0.29, 0.717) is 15.5 Å². The van der Waals surface area contributed by atoms with Crippen LogP contribution in [0.15, 0.2) is 23.1 Å². The van der Waals surface area contributed by atoms with E-state index in [4.69, 9.17) is 23.2 Å². The highest BCUT2D eigenvalue weighted by molar-refractivity contribution is 7.80. The summed E-state index contributed by atoms with van der Waals surface area (Å²) in [6.07, 6.45) is 0. The third-order valence-corrected chi connectivity index (χ3v) is 1.98. The molecule has 0 saturated heterocycles. The smallest absolute Gasteiger partial charge is 0.253 e. The SMILES string of the molecule is O=C(Cl)c1ccc(Cl)cc1S. The van der Waals surface area contributed by atoms with Crippen molar-refractivity contribution in [3.8, 4) is 0 Å². The van der Waals surface area contributed by atoms with Gasteiger partial charge in [-0.1, -0.05) is 11.6 Å². The Morgan fingerprint density at radius 2 is 2.09 bits per heavy atom. The van der Waals surface area contributed by atoms with Crippen LogP contribution in [0, 0.1) is 0 Å². The molecule has 0 unspecified atom stereocenters. The average molecular weight is 207 g/mol. The van der Waals surface area contributed by atoms with Gasteiger partial charge in [0.25, 0.3) is 5.24 Å². The lowest BCUT2D eigenvalue weighted by molar-refractivity contribution is 0.107. The summed E-state index contributed by atoms with van der Waals surface area (Å²) in [4.78, 5) is 11.1. The van der Waals surface area contributed by atoms with Crippen LogP contribution in [-0.2, 0) is 0 Å². The molecule has 0 bridgehead atoms. The van der Waals surface area contributed by atoms with Gasteiger partial charge in [0.2, 0.25) is 0 Å². The first-order valence-corrected chi connectivity index (χ1v) is 4.00. The molecule has 0 atom stereocenters. The Morgan fingerprint density at radius 1 is 1.45 bits per heavy atom. The Morgan fingerprint density at radius 3 is 2.55 bits per heavy atom. The van der Waals surface area contributed by atoms with Gasteiger partial charge >= 0.3 is 0 Å². The van der Waals surface area contributed by atoms with Crippen molar-refractivity contribution in [2.45, 2.75) is 4.90 Å². The van der Waals surface area contributed by atoms with Crippen LogP contribution in [0.25, 0.3) is 0 Å². The predicted molar refractivity (Wildman–Crippen MR) is 48.9 cm³/mol. The maximum atomic E-state index is 10.7. The number of thiol groups is 1. The van der Waals surface area contributed by atoms with Crippen LogP contribution in [0.4, 0.5) is 0 Å². The minimum absolute atomic E-state index is 0.374. The van der Waals surface area contributed by atoms with Gasteiger partial charge in [-0.2, -0.15) is 0 Å². The van der Waals surface area contributed by atoms with Crippen molar-refractivity contribution in [1.82, 2.24) is 0 Å². The lowest BCUT2D eigenvalue weighted by Gasteiger charge is -1.98. The van der Waals surface area contributed by atoms with E-state index in [9.17, 15) is 4.79 Å². The summed E-state index contributed by atoms with van der Waals surface area (Å²) in [6.45, 7) is 0. The largest absolute Gasteiger partial charge is 0.276 e. The van der Waals surface area contributed by atoms with E-state index in [0.717, 1.165) is 0 Å². The molecule has 1 aromatic carbocycles. The standard InChI is InChI=1S/C7H4Cl2OS/c8-4-1-2-5(7(9)10)6(11)3-4/h1-3,11H. The molecule has 0 amide bonds. The van der Waals surface area contributed by atoms with Crippen molar-refractivity contribution < 1.29 is 4.79 Å². The van der Waals surface area contributed by atoms with E-state index in [2.05, 4.69) is 12.6 Å². The molecule has 0 spiro atoms. The first kappa shape index (κ1) is 8.91. The number of hydrogen-bond acceptors (Lipinski definition) is 2. The Balaban J connectivity index is 3.20. The highest BCUT2D eigenvalue weighted by Gasteiger charge is 2.05. The summed E-state index contributed by atoms with van der Waals surface area (Å²) in [7, 11) is 0. The molecule has 0 aliphatic carbocycles. The molecule has 1 aromatic rings.